The number of amides is 1. The molecule has 1 N–H and O–H groups in total. The third kappa shape index (κ3) is 2.28. The van der Waals surface area contributed by atoms with Gasteiger partial charge in [0.05, 0.1) is 24.4 Å². The maximum atomic E-state index is 12.8. The van der Waals surface area contributed by atoms with Crippen LogP contribution in [0.25, 0.3) is 10.9 Å². The summed E-state index contributed by atoms with van der Waals surface area (Å²) in [5, 5.41) is 17.9. The number of aliphatic hydroxyl groups excluding tert-OH is 1. The average molecular weight is 325 g/mol. The van der Waals surface area contributed by atoms with Gasteiger partial charge in [0.1, 0.15) is 5.69 Å². The molecule has 7 heteroatoms. The molecule has 0 unspecified atom stereocenters. The highest BCUT2D eigenvalue weighted by molar-refractivity contribution is 6.07. The van der Waals surface area contributed by atoms with Crippen molar-refractivity contribution >= 4 is 16.8 Å². The Balaban J connectivity index is 1.54. The van der Waals surface area contributed by atoms with Gasteiger partial charge in [-0.3, -0.25) is 4.79 Å². The molecule has 4 rings (SSSR count). The fraction of sp³-hybridized carbons (Fsp3) is 0.353. The number of hydrogen-bond donors (Lipinski definition) is 1. The lowest BCUT2D eigenvalue weighted by molar-refractivity contribution is 0.0500. The smallest absolute Gasteiger partial charge is 0.256 e. The van der Waals surface area contributed by atoms with Crippen LogP contribution in [0.15, 0.2) is 36.7 Å². The number of para-hydroxylation sites is 1. The van der Waals surface area contributed by atoms with E-state index in [4.69, 9.17) is 5.11 Å². The van der Waals surface area contributed by atoms with Crippen LogP contribution in [0.1, 0.15) is 29.0 Å². The Morgan fingerprint density at radius 3 is 2.79 bits per heavy atom. The van der Waals surface area contributed by atoms with E-state index < -0.39 is 0 Å². The van der Waals surface area contributed by atoms with Gasteiger partial charge in [-0.05, 0) is 13.0 Å². The second kappa shape index (κ2) is 5.76. The number of benzene rings is 1. The predicted molar refractivity (Wildman–Crippen MR) is 88.5 cm³/mol. The Bertz CT molecular complexity index is 891. The molecule has 3 heterocycles. The topological polar surface area (TPSA) is 76.2 Å². The number of likely N-dealkylation sites (tertiary alicyclic amines) is 1. The molecule has 0 spiro atoms. The Kier molecular flexibility index (Phi) is 3.57. The second-order valence-electron chi connectivity index (χ2n) is 6.06. The van der Waals surface area contributed by atoms with Crippen molar-refractivity contribution in [3.63, 3.8) is 0 Å². The van der Waals surface area contributed by atoms with Gasteiger partial charge in [-0.25, -0.2) is 4.68 Å². The van der Waals surface area contributed by atoms with Crippen LogP contribution in [0.3, 0.4) is 0 Å². The summed E-state index contributed by atoms with van der Waals surface area (Å²) < 4.78 is 3.83. The lowest BCUT2D eigenvalue weighted by Gasteiger charge is -2.38. The van der Waals surface area contributed by atoms with Gasteiger partial charge in [0.2, 0.25) is 0 Å². The van der Waals surface area contributed by atoms with E-state index in [0.717, 1.165) is 23.0 Å². The number of rotatable bonds is 4. The van der Waals surface area contributed by atoms with Crippen molar-refractivity contribution in [2.24, 2.45) is 0 Å². The van der Waals surface area contributed by atoms with Crippen LogP contribution in [0.4, 0.5) is 0 Å². The van der Waals surface area contributed by atoms with Gasteiger partial charge in [-0.1, -0.05) is 23.4 Å². The van der Waals surface area contributed by atoms with Crippen molar-refractivity contribution in [3.8, 4) is 0 Å². The van der Waals surface area contributed by atoms with Crippen molar-refractivity contribution in [1.82, 2.24) is 24.5 Å². The van der Waals surface area contributed by atoms with Crippen molar-refractivity contribution in [2.75, 3.05) is 13.1 Å². The first-order valence-electron chi connectivity index (χ1n) is 8.10. The number of aromatic nitrogens is 4. The number of hydrogen-bond acceptors (Lipinski definition) is 4. The molecule has 0 bridgehead atoms. The average Bonchev–Trinajstić information content (AvgIpc) is 3.17. The van der Waals surface area contributed by atoms with Crippen molar-refractivity contribution in [3.05, 3.63) is 47.9 Å². The fourth-order valence-electron chi connectivity index (χ4n) is 3.20. The summed E-state index contributed by atoms with van der Waals surface area (Å²) >= 11 is 0. The SMILES string of the molecule is CCn1cc(C(=O)N2CC(n3cc(CO)nn3)C2)c2ccccc21. The molecule has 2 aromatic heterocycles. The first-order chi connectivity index (χ1) is 11.7. The van der Waals surface area contributed by atoms with E-state index in [0.29, 0.717) is 18.8 Å². The summed E-state index contributed by atoms with van der Waals surface area (Å²) in [7, 11) is 0. The maximum Gasteiger partial charge on any atom is 0.256 e. The molecule has 1 aromatic carbocycles. The zero-order chi connectivity index (χ0) is 16.7. The molecule has 124 valence electrons. The number of nitrogens with zero attached hydrogens (tertiary/aromatic N) is 5. The standard InChI is InChI=1S/C17H19N5O2/c1-2-20-10-15(14-5-3-4-6-16(14)20)17(24)21-8-13(9-21)22-7-12(11-23)18-19-22/h3-7,10,13,23H,2,8-9,11H2,1H3. The molecule has 1 saturated heterocycles. The van der Waals surface area contributed by atoms with E-state index in [1.807, 2.05) is 35.4 Å². The van der Waals surface area contributed by atoms with Crippen LogP contribution >= 0.6 is 0 Å². The molecule has 1 amide bonds. The predicted octanol–water partition coefficient (Wildman–Crippen LogP) is 1.44. The van der Waals surface area contributed by atoms with E-state index in [1.165, 1.54) is 0 Å². The van der Waals surface area contributed by atoms with Gasteiger partial charge >= 0.3 is 0 Å². The quantitative estimate of drug-likeness (QED) is 0.787. The number of aliphatic hydroxyl groups is 1. The van der Waals surface area contributed by atoms with Gasteiger partial charge < -0.3 is 14.6 Å². The largest absolute Gasteiger partial charge is 0.390 e. The summed E-state index contributed by atoms with van der Waals surface area (Å²) in [6, 6.07) is 8.12. The molecular formula is C17H19N5O2. The number of carbonyl (C=O) groups excluding carboxylic acids is 1. The van der Waals surface area contributed by atoms with Gasteiger partial charge in [0.25, 0.3) is 5.91 Å². The van der Waals surface area contributed by atoms with Crippen molar-refractivity contribution in [1.29, 1.82) is 0 Å². The number of aryl methyl sites for hydroxylation is 1. The molecule has 7 nitrogen and oxygen atoms in total. The Labute approximate surface area is 139 Å². The summed E-state index contributed by atoms with van der Waals surface area (Å²) in [5.41, 5.74) is 2.38. The zero-order valence-electron chi connectivity index (χ0n) is 13.5. The molecular weight excluding hydrogens is 306 g/mol. The van der Waals surface area contributed by atoms with Crippen molar-refractivity contribution in [2.45, 2.75) is 26.1 Å². The van der Waals surface area contributed by atoms with Gasteiger partial charge in [-0.2, -0.15) is 0 Å². The third-order valence-corrected chi connectivity index (χ3v) is 4.60. The summed E-state index contributed by atoms with van der Waals surface area (Å²) in [6.07, 6.45) is 3.68. The molecule has 3 aromatic rings. The van der Waals surface area contributed by atoms with E-state index in [2.05, 4.69) is 21.8 Å². The minimum Gasteiger partial charge on any atom is -0.390 e. The highest BCUT2D eigenvalue weighted by Gasteiger charge is 2.34. The summed E-state index contributed by atoms with van der Waals surface area (Å²) in [4.78, 5) is 14.7. The molecule has 0 aliphatic carbocycles. The van der Waals surface area contributed by atoms with E-state index >= 15 is 0 Å². The van der Waals surface area contributed by atoms with E-state index in [-0.39, 0.29) is 18.6 Å². The highest BCUT2D eigenvalue weighted by atomic mass is 16.3. The van der Waals surface area contributed by atoms with Crippen LogP contribution in [-0.4, -0.2) is 48.6 Å². The van der Waals surface area contributed by atoms with Crippen LogP contribution in [0, 0.1) is 0 Å². The number of fused-ring (bicyclic) bond motifs is 1. The minimum atomic E-state index is -0.119. The second-order valence-corrected chi connectivity index (χ2v) is 6.06. The molecule has 0 atom stereocenters. The Morgan fingerprint density at radius 2 is 2.08 bits per heavy atom. The van der Waals surface area contributed by atoms with Gasteiger partial charge in [-0.15, -0.1) is 5.10 Å². The van der Waals surface area contributed by atoms with Crippen LogP contribution in [-0.2, 0) is 13.2 Å². The Morgan fingerprint density at radius 1 is 1.29 bits per heavy atom. The molecule has 1 aliphatic heterocycles. The number of carbonyl (C=O) groups is 1. The van der Waals surface area contributed by atoms with Gasteiger partial charge in [0, 0.05) is 36.7 Å². The Hall–Kier alpha value is -2.67. The van der Waals surface area contributed by atoms with Gasteiger partial charge in [0.15, 0.2) is 0 Å². The monoisotopic (exact) mass is 325 g/mol. The zero-order valence-corrected chi connectivity index (χ0v) is 13.5. The lowest BCUT2D eigenvalue weighted by Crippen LogP contribution is -2.50. The fourth-order valence-corrected chi connectivity index (χ4v) is 3.20. The molecule has 1 fully saturated rings. The third-order valence-electron chi connectivity index (χ3n) is 4.60. The molecule has 0 saturated carbocycles. The summed E-state index contributed by atoms with van der Waals surface area (Å²) in [6.45, 7) is 4.01. The minimum absolute atomic E-state index is 0.0529. The molecule has 0 radical (unpaired) electrons. The highest BCUT2D eigenvalue weighted by Crippen LogP contribution is 2.27. The summed E-state index contributed by atoms with van der Waals surface area (Å²) in [5.74, 6) is 0.0529. The molecule has 24 heavy (non-hydrogen) atoms. The van der Waals surface area contributed by atoms with Crippen LogP contribution in [0.2, 0.25) is 0 Å². The molecule has 1 aliphatic rings. The van der Waals surface area contributed by atoms with Crippen LogP contribution in [0.5, 0.6) is 0 Å². The lowest BCUT2D eigenvalue weighted by atomic mass is 10.1. The first kappa shape index (κ1) is 14.9. The van der Waals surface area contributed by atoms with Crippen molar-refractivity contribution < 1.29 is 9.90 Å². The van der Waals surface area contributed by atoms with Crippen LogP contribution < -0.4 is 0 Å². The van der Waals surface area contributed by atoms with E-state index in [9.17, 15) is 4.79 Å². The van der Waals surface area contributed by atoms with E-state index in [1.54, 1.807) is 10.9 Å². The first-order valence-corrected chi connectivity index (χ1v) is 8.10. The normalized spacial score (nSPS) is 15.0. The maximum absolute atomic E-state index is 12.8.